The summed E-state index contributed by atoms with van der Waals surface area (Å²) >= 11 is 7.48. The SMILES string of the molecule is Cc1cccc(C(Br)c2ccc3c(c2)OCCCO3)c1Br. The largest absolute Gasteiger partial charge is 0.490 e. The summed E-state index contributed by atoms with van der Waals surface area (Å²) in [5.74, 6) is 1.66. The number of hydrogen-bond donors (Lipinski definition) is 0. The van der Waals surface area contributed by atoms with Crippen LogP contribution in [-0.4, -0.2) is 13.2 Å². The third kappa shape index (κ3) is 3.11. The molecule has 0 aromatic heterocycles. The van der Waals surface area contributed by atoms with Crippen LogP contribution in [0.15, 0.2) is 40.9 Å². The van der Waals surface area contributed by atoms with Crippen molar-refractivity contribution < 1.29 is 9.47 Å². The molecule has 0 radical (unpaired) electrons. The molecule has 3 rings (SSSR count). The molecule has 1 unspecified atom stereocenters. The number of ether oxygens (including phenoxy) is 2. The van der Waals surface area contributed by atoms with E-state index in [1.165, 1.54) is 11.1 Å². The summed E-state index contributed by atoms with van der Waals surface area (Å²) in [5, 5.41) is 0. The Morgan fingerprint density at radius 1 is 1.05 bits per heavy atom. The fourth-order valence-corrected chi connectivity index (χ4v) is 3.85. The van der Waals surface area contributed by atoms with Crippen molar-refractivity contribution in [1.82, 2.24) is 0 Å². The molecule has 2 aromatic carbocycles. The van der Waals surface area contributed by atoms with Crippen molar-refractivity contribution in [3.63, 3.8) is 0 Å². The van der Waals surface area contributed by atoms with E-state index in [-0.39, 0.29) is 4.83 Å². The molecular weight excluding hydrogens is 396 g/mol. The van der Waals surface area contributed by atoms with Crippen LogP contribution in [-0.2, 0) is 0 Å². The predicted octanol–water partition coefficient (Wildman–Crippen LogP) is 5.40. The molecule has 1 heterocycles. The van der Waals surface area contributed by atoms with Gasteiger partial charge in [0.2, 0.25) is 0 Å². The molecule has 1 atom stereocenters. The van der Waals surface area contributed by atoms with Gasteiger partial charge in [0, 0.05) is 10.9 Å². The van der Waals surface area contributed by atoms with Crippen LogP contribution in [0.2, 0.25) is 0 Å². The molecule has 0 N–H and O–H groups in total. The molecule has 2 nitrogen and oxygen atoms in total. The number of hydrogen-bond acceptors (Lipinski definition) is 2. The van der Waals surface area contributed by atoms with Crippen molar-refractivity contribution in [2.45, 2.75) is 18.2 Å². The van der Waals surface area contributed by atoms with Gasteiger partial charge in [-0.1, -0.05) is 56.1 Å². The summed E-state index contributed by atoms with van der Waals surface area (Å²) in [4.78, 5) is 0.115. The first-order chi connectivity index (χ1) is 10.2. The highest BCUT2D eigenvalue weighted by Gasteiger charge is 2.18. The molecule has 0 saturated heterocycles. The molecule has 0 aliphatic carbocycles. The van der Waals surface area contributed by atoms with Gasteiger partial charge in [-0.2, -0.15) is 0 Å². The average Bonchev–Trinajstić information content (AvgIpc) is 2.74. The highest BCUT2D eigenvalue weighted by Crippen LogP contribution is 2.40. The third-order valence-corrected chi connectivity index (χ3v) is 5.66. The maximum absolute atomic E-state index is 5.77. The normalized spacial score (nSPS) is 15.4. The van der Waals surface area contributed by atoms with Crippen molar-refractivity contribution in [1.29, 1.82) is 0 Å². The van der Waals surface area contributed by atoms with Crippen LogP contribution in [0.1, 0.15) is 27.9 Å². The highest BCUT2D eigenvalue weighted by molar-refractivity contribution is 9.11. The van der Waals surface area contributed by atoms with Crippen molar-refractivity contribution in [2.75, 3.05) is 13.2 Å². The Balaban J connectivity index is 1.96. The highest BCUT2D eigenvalue weighted by atomic mass is 79.9. The minimum absolute atomic E-state index is 0.115. The van der Waals surface area contributed by atoms with Gasteiger partial charge >= 0.3 is 0 Å². The van der Waals surface area contributed by atoms with E-state index < -0.39 is 0 Å². The van der Waals surface area contributed by atoms with E-state index in [1.807, 2.05) is 6.07 Å². The smallest absolute Gasteiger partial charge is 0.161 e. The monoisotopic (exact) mass is 410 g/mol. The van der Waals surface area contributed by atoms with E-state index in [4.69, 9.17) is 9.47 Å². The Morgan fingerprint density at radius 2 is 1.81 bits per heavy atom. The van der Waals surface area contributed by atoms with Gasteiger partial charge in [0.25, 0.3) is 0 Å². The topological polar surface area (TPSA) is 18.5 Å². The van der Waals surface area contributed by atoms with Crippen LogP contribution in [0.25, 0.3) is 0 Å². The molecule has 2 aromatic rings. The van der Waals surface area contributed by atoms with Crippen molar-refractivity contribution in [3.05, 3.63) is 57.6 Å². The zero-order valence-electron chi connectivity index (χ0n) is 11.7. The molecule has 0 bridgehead atoms. The lowest BCUT2D eigenvalue weighted by Crippen LogP contribution is -1.98. The molecule has 0 fully saturated rings. The second-order valence-electron chi connectivity index (χ2n) is 5.10. The minimum Gasteiger partial charge on any atom is -0.490 e. The Labute approximate surface area is 141 Å². The van der Waals surface area contributed by atoms with E-state index in [1.54, 1.807) is 0 Å². The van der Waals surface area contributed by atoms with Gasteiger partial charge < -0.3 is 9.47 Å². The number of fused-ring (bicyclic) bond motifs is 1. The van der Waals surface area contributed by atoms with Crippen LogP contribution in [0.3, 0.4) is 0 Å². The van der Waals surface area contributed by atoms with Gasteiger partial charge in [0.1, 0.15) is 0 Å². The van der Waals surface area contributed by atoms with E-state index in [0.717, 1.165) is 28.0 Å². The number of halogens is 2. The Morgan fingerprint density at radius 3 is 2.62 bits per heavy atom. The molecule has 21 heavy (non-hydrogen) atoms. The summed E-state index contributed by atoms with van der Waals surface area (Å²) < 4.78 is 12.6. The van der Waals surface area contributed by atoms with Crippen molar-refractivity contribution in [3.8, 4) is 11.5 Å². The lowest BCUT2D eigenvalue weighted by molar-refractivity contribution is 0.297. The van der Waals surface area contributed by atoms with Crippen molar-refractivity contribution >= 4 is 31.9 Å². The van der Waals surface area contributed by atoms with Gasteiger partial charge in [-0.3, -0.25) is 0 Å². The maximum atomic E-state index is 5.77. The molecule has 0 spiro atoms. The number of benzene rings is 2. The Bertz CT molecular complexity index is 655. The number of alkyl halides is 1. The van der Waals surface area contributed by atoms with E-state index in [9.17, 15) is 0 Å². The predicted molar refractivity (Wildman–Crippen MR) is 91.7 cm³/mol. The quantitative estimate of drug-likeness (QED) is 0.615. The van der Waals surface area contributed by atoms with Crippen LogP contribution in [0.5, 0.6) is 11.5 Å². The molecule has 110 valence electrons. The second-order valence-corrected chi connectivity index (χ2v) is 6.81. The Hall–Kier alpha value is -1.00. The summed E-state index contributed by atoms with van der Waals surface area (Å²) in [5.41, 5.74) is 3.60. The van der Waals surface area contributed by atoms with E-state index >= 15 is 0 Å². The van der Waals surface area contributed by atoms with E-state index in [2.05, 4.69) is 69.1 Å². The molecule has 0 amide bonds. The van der Waals surface area contributed by atoms with Gasteiger partial charge in [-0.15, -0.1) is 0 Å². The number of aryl methyl sites for hydroxylation is 1. The third-order valence-electron chi connectivity index (χ3n) is 3.56. The lowest BCUT2D eigenvalue weighted by atomic mass is 10.0. The first-order valence-electron chi connectivity index (χ1n) is 6.95. The fourth-order valence-electron chi connectivity index (χ4n) is 2.38. The summed E-state index contributed by atoms with van der Waals surface area (Å²) in [6.07, 6.45) is 0.922. The molecule has 1 aliphatic heterocycles. The zero-order valence-corrected chi connectivity index (χ0v) is 14.9. The molecule has 0 saturated carbocycles. The van der Waals surface area contributed by atoms with Gasteiger partial charge in [0.05, 0.1) is 18.0 Å². The standard InChI is InChI=1S/C17H16Br2O2/c1-11-4-2-5-13(16(11)18)17(19)12-6-7-14-15(10-12)21-9-3-8-20-14/h2,4-7,10,17H,3,8-9H2,1H3. The van der Waals surface area contributed by atoms with Crippen LogP contribution in [0.4, 0.5) is 0 Å². The summed E-state index contributed by atoms with van der Waals surface area (Å²) in [7, 11) is 0. The molecule has 4 heteroatoms. The molecular formula is C17H16Br2O2. The minimum atomic E-state index is 0.115. The average molecular weight is 412 g/mol. The second kappa shape index (κ2) is 6.41. The number of rotatable bonds is 2. The fraction of sp³-hybridized carbons (Fsp3) is 0.294. The molecule has 1 aliphatic rings. The summed E-state index contributed by atoms with van der Waals surface area (Å²) in [6, 6.07) is 12.4. The van der Waals surface area contributed by atoms with Gasteiger partial charge in [0.15, 0.2) is 11.5 Å². The Kier molecular flexibility index (Phi) is 4.55. The van der Waals surface area contributed by atoms with Crippen LogP contribution in [0, 0.1) is 6.92 Å². The first-order valence-corrected chi connectivity index (χ1v) is 8.66. The van der Waals surface area contributed by atoms with Crippen LogP contribution < -0.4 is 9.47 Å². The van der Waals surface area contributed by atoms with Gasteiger partial charge in [-0.25, -0.2) is 0 Å². The van der Waals surface area contributed by atoms with Gasteiger partial charge in [-0.05, 0) is 35.7 Å². The summed E-state index contributed by atoms with van der Waals surface area (Å²) in [6.45, 7) is 3.52. The zero-order chi connectivity index (χ0) is 14.8. The van der Waals surface area contributed by atoms with E-state index in [0.29, 0.717) is 13.2 Å². The van der Waals surface area contributed by atoms with Crippen LogP contribution >= 0.6 is 31.9 Å². The van der Waals surface area contributed by atoms with Crippen molar-refractivity contribution in [2.24, 2.45) is 0 Å². The lowest BCUT2D eigenvalue weighted by Gasteiger charge is -2.16. The first kappa shape index (κ1) is 14.9. The maximum Gasteiger partial charge on any atom is 0.161 e.